The monoisotopic (exact) mass is 282 g/mol. The number of rotatable bonds is 8. The van der Waals surface area contributed by atoms with E-state index in [0.717, 1.165) is 19.5 Å². The largest absolute Gasteiger partial charge is 0.355 e. The van der Waals surface area contributed by atoms with Crippen LogP contribution in [0.1, 0.15) is 39.0 Å². The van der Waals surface area contributed by atoms with Crippen LogP contribution in [0.5, 0.6) is 0 Å². The summed E-state index contributed by atoms with van der Waals surface area (Å²) in [6.07, 6.45) is 1.03. The molecule has 0 aliphatic heterocycles. The lowest BCUT2D eigenvalue weighted by atomic mass is 9.91. The predicted molar refractivity (Wildman–Crippen MR) is 82.7 cm³/mol. The van der Waals surface area contributed by atoms with Gasteiger partial charge in [0.1, 0.15) is 0 Å². The molecule has 1 amide bonds. The molecular weight excluding hydrogens is 256 g/mol. The summed E-state index contributed by atoms with van der Waals surface area (Å²) in [5, 5.41) is 8.28. The van der Waals surface area contributed by atoms with Crippen LogP contribution >= 0.6 is 11.3 Å². The lowest BCUT2D eigenvalue weighted by molar-refractivity contribution is -0.120. The second-order valence-electron chi connectivity index (χ2n) is 6.00. The van der Waals surface area contributed by atoms with E-state index in [9.17, 15) is 4.79 Å². The first-order valence-electron chi connectivity index (χ1n) is 6.93. The number of nitrogens with one attached hydrogen (secondary N) is 2. The van der Waals surface area contributed by atoms with Crippen LogP contribution in [0.25, 0.3) is 0 Å². The van der Waals surface area contributed by atoms with Gasteiger partial charge in [-0.2, -0.15) is 0 Å². The fraction of sp³-hybridized carbons (Fsp3) is 0.667. The maximum atomic E-state index is 11.6. The number of amides is 1. The minimum atomic E-state index is 0.0758. The van der Waals surface area contributed by atoms with Crippen molar-refractivity contribution in [1.82, 2.24) is 10.6 Å². The Kier molecular flexibility index (Phi) is 6.52. The summed E-state index contributed by atoms with van der Waals surface area (Å²) in [6, 6.07) is 4.22. The van der Waals surface area contributed by atoms with E-state index in [1.807, 2.05) is 0 Å². The molecule has 4 heteroatoms. The Morgan fingerprint density at radius 3 is 2.74 bits per heavy atom. The summed E-state index contributed by atoms with van der Waals surface area (Å²) >= 11 is 1.77. The number of hydrogen-bond donors (Lipinski definition) is 2. The standard InChI is InChI=1S/C15H26N2OS/c1-12(2)7-8-17-14(18)10-16-11-15(3,4)13-6-5-9-19-13/h5-6,9,12,16H,7-8,10-11H2,1-4H3,(H,17,18). The molecule has 0 saturated carbocycles. The average Bonchev–Trinajstić information content (AvgIpc) is 2.82. The predicted octanol–water partition coefficient (Wildman–Crippen LogP) is 2.78. The Balaban J connectivity index is 2.21. The number of carbonyl (C=O) groups excluding carboxylic acids is 1. The molecule has 0 fully saturated rings. The maximum Gasteiger partial charge on any atom is 0.233 e. The molecule has 1 heterocycles. The first kappa shape index (κ1) is 16.2. The van der Waals surface area contributed by atoms with Crippen LogP contribution in [-0.2, 0) is 10.2 Å². The van der Waals surface area contributed by atoms with Gasteiger partial charge in [-0.1, -0.05) is 33.8 Å². The van der Waals surface area contributed by atoms with E-state index < -0.39 is 0 Å². The third-order valence-corrected chi connectivity index (χ3v) is 4.32. The van der Waals surface area contributed by atoms with Gasteiger partial charge in [0.15, 0.2) is 0 Å². The van der Waals surface area contributed by atoms with Gasteiger partial charge in [-0.25, -0.2) is 0 Å². The van der Waals surface area contributed by atoms with Gasteiger partial charge in [0.2, 0.25) is 5.91 Å². The van der Waals surface area contributed by atoms with Crippen LogP contribution in [0, 0.1) is 5.92 Å². The van der Waals surface area contributed by atoms with Crippen molar-refractivity contribution < 1.29 is 4.79 Å². The van der Waals surface area contributed by atoms with Gasteiger partial charge < -0.3 is 10.6 Å². The van der Waals surface area contributed by atoms with Crippen LogP contribution in [0.15, 0.2) is 17.5 Å². The van der Waals surface area contributed by atoms with Crippen molar-refractivity contribution in [1.29, 1.82) is 0 Å². The molecule has 0 spiro atoms. The van der Waals surface area contributed by atoms with Gasteiger partial charge in [-0.3, -0.25) is 4.79 Å². The van der Waals surface area contributed by atoms with E-state index in [1.165, 1.54) is 4.88 Å². The van der Waals surface area contributed by atoms with Gasteiger partial charge >= 0.3 is 0 Å². The van der Waals surface area contributed by atoms with Gasteiger partial charge in [-0.15, -0.1) is 11.3 Å². The van der Waals surface area contributed by atoms with Crippen LogP contribution < -0.4 is 10.6 Å². The molecule has 1 aromatic rings. The van der Waals surface area contributed by atoms with Crippen molar-refractivity contribution in [3.63, 3.8) is 0 Å². The summed E-state index contributed by atoms with van der Waals surface area (Å²) in [5.41, 5.74) is 0.0758. The summed E-state index contributed by atoms with van der Waals surface area (Å²) in [4.78, 5) is 13.0. The van der Waals surface area contributed by atoms with Crippen LogP contribution in [-0.4, -0.2) is 25.5 Å². The molecule has 1 rings (SSSR count). The van der Waals surface area contributed by atoms with Gasteiger partial charge in [0, 0.05) is 23.4 Å². The van der Waals surface area contributed by atoms with E-state index in [4.69, 9.17) is 0 Å². The Morgan fingerprint density at radius 2 is 2.16 bits per heavy atom. The van der Waals surface area contributed by atoms with Crippen LogP contribution in [0.2, 0.25) is 0 Å². The molecular formula is C15H26N2OS. The highest BCUT2D eigenvalue weighted by atomic mass is 32.1. The summed E-state index contributed by atoms with van der Waals surface area (Å²) in [6.45, 7) is 10.7. The van der Waals surface area contributed by atoms with Crippen molar-refractivity contribution >= 4 is 17.2 Å². The molecule has 1 aromatic heterocycles. The molecule has 3 nitrogen and oxygen atoms in total. The molecule has 0 atom stereocenters. The van der Waals surface area contributed by atoms with E-state index in [1.54, 1.807) is 11.3 Å². The van der Waals surface area contributed by atoms with E-state index >= 15 is 0 Å². The Hall–Kier alpha value is -0.870. The van der Waals surface area contributed by atoms with Crippen molar-refractivity contribution in [3.05, 3.63) is 22.4 Å². The van der Waals surface area contributed by atoms with E-state index in [0.29, 0.717) is 12.5 Å². The highest BCUT2D eigenvalue weighted by Gasteiger charge is 2.21. The lowest BCUT2D eigenvalue weighted by Crippen LogP contribution is -2.39. The zero-order valence-electron chi connectivity index (χ0n) is 12.5. The van der Waals surface area contributed by atoms with Gasteiger partial charge in [-0.05, 0) is 23.8 Å². The molecule has 0 aliphatic carbocycles. The van der Waals surface area contributed by atoms with E-state index in [-0.39, 0.29) is 11.3 Å². The summed E-state index contributed by atoms with van der Waals surface area (Å²) < 4.78 is 0. The minimum absolute atomic E-state index is 0.0758. The van der Waals surface area contributed by atoms with Gasteiger partial charge in [0.05, 0.1) is 6.54 Å². The fourth-order valence-electron chi connectivity index (χ4n) is 1.80. The van der Waals surface area contributed by atoms with Crippen molar-refractivity contribution in [2.24, 2.45) is 5.92 Å². The number of carbonyl (C=O) groups is 1. The molecule has 108 valence electrons. The Morgan fingerprint density at radius 1 is 1.42 bits per heavy atom. The molecule has 0 aromatic carbocycles. The first-order valence-corrected chi connectivity index (χ1v) is 7.81. The molecule has 0 saturated heterocycles. The highest BCUT2D eigenvalue weighted by Crippen LogP contribution is 2.26. The second-order valence-corrected chi connectivity index (χ2v) is 6.94. The smallest absolute Gasteiger partial charge is 0.233 e. The normalized spacial score (nSPS) is 11.8. The lowest BCUT2D eigenvalue weighted by Gasteiger charge is -2.23. The molecule has 0 bridgehead atoms. The van der Waals surface area contributed by atoms with Crippen molar-refractivity contribution in [2.45, 2.75) is 39.5 Å². The average molecular weight is 282 g/mol. The van der Waals surface area contributed by atoms with E-state index in [2.05, 4.69) is 55.8 Å². The highest BCUT2D eigenvalue weighted by molar-refractivity contribution is 7.10. The second kappa shape index (κ2) is 7.65. The quantitative estimate of drug-likeness (QED) is 0.770. The minimum Gasteiger partial charge on any atom is -0.355 e. The fourth-order valence-corrected chi connectivity index (χ4v) is 2.65. The van der Waals surface area contributed by atoms with Crippen molar-refractivity contribution in [2.75, 3.05) is 19.6 Å². The van der Waals surface area contributed by atoms with Crippen molar-refractivity contribution in [3.8, 4) is 0 Å². The molecule has 0 unspecified atom stereocenters. The van der Waals surface area contributed by atoms with Crippen LogP contribution in [0.3, 0.4) is 0 Å². The number of thiophene rings is 1. The van der Waals surface area contributed by atoms with Gasteiger partial charge in [0.25, 0.3) is 0 Å². The maximum absolute atomic E-state index is 11.6. The SMILES string of the molecule is CC(C)CCNC(=O)CNCC(C)(C)c1cccs1. The Bertz CT molecular complexity index is 372. The summed E-state index contributed by atoms with van der Waals surface area (Å²) in [7, 11) is 0. The Labute approximate surface area is 120 Å². The molecule has 19 heavy (non-hydrogen) atoms. The first-order chi connectivity index (χ1) is 8.92. The third-order valence-electron chi connectivity index (χ3n) is 3.08. The third kappa shape index (κ3) is 6.21. The van der Waals surface area contributed by atoms with Crippen LogP contribution in [0.4, 0.5) is 0 Å². The summed E-state index contributed by atoms with van der Waals surface area (Å²) in [5.74, 6) is 0.716. The topological polar surface area (TPSA) is 41.1 Å². The molecule has 2 N–H and O–H groups in total. The zero-order valence-corrected chi connectivity index (χ0v) is 13.3. The number of hydrogen-bond acceptors (Lipinski definition) is 3. The molecule has 0 aliphatic rings. The molecule has 0 radical (unpaired) electrons. The zero-order chi connectivity index (χ0) is 14.3.